The van der Waals surface area contributed by atoms with E-state index in [4.69, 9.17) is 0 Å². The molecule has 3 rings (SSSR count). The summed E-state index contributed by atoms with van der Waals surface area (Å²) in [6, 6.07) is 3.95. The van der Waals surface area contributed by atoms with Crippen molar-refractivity contribution in [1.29, 1.82) is 0 Å². The third kappa shape index (κ3) is 4.28. The highest BCUT2D eigenvalue weighted by molar-refractivity contribution is 5.82. The second-order valence-electron chi connectivity index (χ2n) is 6.58. The molecule has 2 saturated heterocycles. The maximum atomic E-state index is 12.6. The number of piperidine rings is 1. The highest BCUT2D eigenvalue weighted by Gasteiger charge is 2.31. The molecule has 0 saturated carbocycles. The molecule has 0 bridgehead atoms. The van der Waals surface area contributed by atoms with Gasteiger partial charge in [0.05, 0.1) is 0 Å². The monoisotopic (exact) mass is 317 g/mol. The Labute approximate surface area is 138 Å². The summed E-state index contributed by atoms with van der Waals surface area (Å²) in [6.07, 6.45) is 8.31. The molecule has 6 heteroatoms. The molecule has 0 aromatic carbocycles. The van der Waals surface area contributed by atoms with Crippen molar-refractivity contribution < 1.29 is 4.79 Å². The van der Waals surface area contributed by atoms with E-state index in [1.54, 1.807) is 6.20 Å². The number of carbonyl (C=O) groups excluding carboxylic acids is 1. The number of hydrogen-bond donors (Lipinski definition) is 2. The summed E-state index contributed by atoms with van der Waals surface area (Å²) in [5, 5.41) is 0. The van der Waals surface area contributed by atoms with Crippen LogP contribution in [0.5, 0.6) is 0 Å². The van der Waals surface area contributed by atoms with Crippen LogP contribution >= 0.6 is 0 Å². The molecule has 6 nitrogen and oxygen atoms in total. The van der Waals surface area contributed by atoms with Crippen LogP contribution in [0.15, 0.2) is 24.5 Å². The number of likely N-dealkylation sites (tertiary alicyclic amines) is 1. The summed E-state index contributed by atoms with van der Waals surface area (Å²) in [6.45, 7) is 4.13. The van der Waals surface area contributed by atoms with Gasteiger partial charge in [-0.2, -0.15) is 0 Å². The molecule has 0 aliphatic carbocycles. The van der Waals surface area contributed by atoms with E-state index < -0.39 is 0 Å². The number of hydrazine groups is 1. The van der Waals surface area contributed by atoms with Crippen molar-refractivity contribution in [2.45, 2.75) is 37.8 Å². The minimum Gasteiger partial charge on any atom is -0.343 e. The largest absolute Gasteiger partial charge is 0.343 e. The van der Waals surface area contributed by atoms with E-state index in [9.17, 15) is 4.79 Å². The molecule has 3 heterocycles. The highest BCUT2D eigenvalue weighted by Crippen LogP contribution is 2.22. The normalized spacial score (nSPS) is 25.4. The quantitative estimate of drug-likeness (QED) is 0.846. The van der Waals surface area contributed by atoms with Gasteiger partial charge in [-0.25, -0.2) is 10.9 Å². The smallest absolute Gasteiger partial charge is 0.240 e. The molecule has 23 heavy (non-hydrogen) atoms. The fourth-order valence-corrected chi connectivity index (χ4v) is 3.37. The minimum absolute atomic E-state index is 0.146. The van der Waals surface area contributed by atoms with Crippen LogP contribution in [0.2, 0.25) is 0 Å². The molecule has 0 spiro atoms. The number of carbonyl (C=O) groups is 1. The zero-order chi connectivity index (χ0) is 16.1. The first kappa shape index (κ1) is 16.4. The van der Waals surface area contributed by atoms with Crippen LogP contribution in [0.4, 0.5) is 0 Å². The molecular formula is C17H27N5O. The third-order valence-corrected chi connectivity index (χ3v) is 4.86. The van der Waals surface area contributed by atoms with Crippen molar-refractivity contribution in [3.05, 3.63) is 30.1 Å². The van der Waals surface area contributed by atoms with Crippen molar-refractivity contribution in [3.8, 4) is 0 Å². The molecule has 126 valence electrons. The van der Waals surface area contributed by atoms with Gasteiger partial charge in [0.15, 0.2) is 0 Å². The first-order valence-electron chi connectivity index (χ1n) is 8.62. The third-order valence-electron chi connectivity index (χ3n) is 4.86. The predicted octanol–water partition coefficient (Wildman–Crippen LogP) is 0.934. The van der Waals surface area contributed by atoms with E-state index in [0.717, 1.165) is 25.1 Å². The first-order chi connectivity index (χ1) is 11.2. The van der Waals surface area contributed by atoms with Crippen molar-refractivity contribution >= 4 is 5.91 Å². The molecule has 0 radical (unpaired) electrons. The summed E-state index contributed by atoms with van der Waals surface area (Å²) in [5.41, 5.74) is 7.47. The van der Waals surface area contributed by atoms with Crippen LogP contribution in [0.1, 0.15) is 37.3 Å². The summed E-state index contributed by atoms with van der Waals surface area (Å²) >= 11 is 0. The van der Waals surface area contributed by atoms with Gasteiger partial charge in [0.25, 0.3) is 0 Å². The van der Waals surface area contributed by atoms with Crippen LogP contribution in [0, 0.1) is 0 Å². The molecule has 2 N–H and O–H groups in total. The fourth-order valence-electron chi connectivity index (χ4n) is 3.37. The van der Waals surface area contributed by atoms with Crippen LogP contribution in [0.25, 0.3) is 0 Å². The Balaban J connectivity index is 1.46. The molecular weight excluding hydrogens is 290 g/mol. The lowest BCUT2D eigenvalue weighted by Crippen LogP contribution is -2.46. The highest BCUT2D eigenvalue weighted by atomic mass is 16.2. The Hall–Kier alpha value is -1.50. The van der Waals surface area contributed by atoms with Crippen LogP contribution < -0.4 is 10.9 Å². The van der Waals surface area contributed by atoms with Crippen LogP contribution in [-0.4, -0.2) is 60.0 Å². The van der Waals surface area contributed by atoms with Crippen molar-refractivity contribution in [1.82, 2.24) is 25.6 Å². The zero-order valence-corrected chi connectivity index (χ0v) is 13.9. The van der Waals surface area contributed by atoms with E-state index in [0.29, 0.717) is 0 Å². The lowest BCUT2D eigenvalue weighted by atomic mass is 10.0. The van der Waals surface area contributed by atoms with Gasteiger partial charge >= 0.3 is 0 Å². The summed E-state index contributed by atoms with van der Waals surface area (Å²) in [7, 11) is 1.91. The summed E-state index contributed by atoms with van der Waals surface area (Å²) in [4.78, 5) is 21.1. The number of pyridine rings is 1. The Bertz CT molecular complexity index is 503. The van der Waals surface area contributed by atoms with Gasteiger partial charge < -0.3 is 9.80 Å². The molecule has 1 aromatic heterocycles. The van der Waals surface area contributed by atoms with E-state index in [1.807, 2.05) is 30.3 Å². The van der Waals surface area contributed by atoms with E-state index in [-0.39, 0.29) is 18.0 Å². The SMILES string of the molecule is CN(CCN1CCCCC1)C(=O)C1CC(c2cccnc2)NN1. The second-order valence-corrected chi connectivity index (χ2v) is 6.58. The Kier molecular flexibility index (Phi) is 5.59. The van der Waals surface area contributed by atoms with Gasteiger partial charge in [-0.3, -0.25) is 9.78 Å². The number of likely N-dealkylation sites (N-methyl/N-ethyl adjacent to an activating group) is 1. The summed E-state index contributed by atoms with van der Waals surface area (Å²) < 4.78 is 0. The number of nitrogens with zero attached hydrogens (tertiary/aromatic N) is 3. The summed E-state index contributed by atoms with van der Waals surface area (Å²) in [5.74, 6) is 0.167. The lowest BCUT2D eigenvalue weighted by Gasteiger charge is -2.29. The molecule has 2 atom stereocenters. The van der Waals surface area contributed by atoms with Crippen LogP contribution in [0.3, 0.4) is 0 Å². The first-order valence-corrected chi connectivity index (χ1v) is 8.62. The number of rotatable bonds is 5. The van der Waals surface area contributed by atoms with Crippen LogP contribution in [-0.2, 0) is 4.79 Å². The van der Waals surface area contributed by atoms with E-state index >= 15 is 0 Å². The Morgan fingerprint density at radius 1 is 1.35 bits per heavy atom. The van der Waals surface area contributed by atoms with E-state index in [1.165, 1.54) is 32.4 Å². The number of aromatic nitrogens is 1. The van der Waals surface area contributed by atoms with Gasteiger partial charge in [-0.1, -0.05) is 12.5 Å². The van der Waals surface area contributed by atoms with Gasteiger partial charge in [0, 0.05) is 38.6 Å². The van der Waals surface area contributed by atoms with Gasteiger partial charge in [-0.15, -0.1) is 0 Å². The predicted molar refractivity (Wildman–Crippen MR) is 89.6 cm³/mol. The molecule has 2 unspecified atom stereocenters. The number of amides is 1. The number of nitrogens with one attached hydrogen (secondary N) is 2. The average Bonchev–Trinajstić information content (AvgIpc) is 3.11. The van der Waals surface area contributed by atoms with E-state index in [2.05, 4.69) is 20.7 Å². The van der Waals surface area contributed by atoms with Gasteiger partial charge in [0.1, 0.15) is 6.04 Å². The molecule has 1 aromatic rings. The van der Waals surface area contributed by atoms with Gasteiger partial charge in [0.2, 0.25) is 5.91 Å². The Morgan fingerprint density at radius 3 is 2.91 bits per heavy atom. The molecule has 2 aliphatic rings. The van der Waals surface area contributed by atoms with Crippen molar-refractivity contribution in [2.24, 2.45) is 0 Å². The zero-order valence-electron chi connectivity index (χ0n) is 13.9. The molecule has 2 fully saturated rings. The fraction of sp³-hybridized carbons (Fsp3) is 0.647. The topological polar surface area (TPSA) is 60.5 Å². The molecule has 1 amide bonds. The lowest BCUT2D eigenvalue weighted by molar-refractivity contribution is -0.132. The maximum Gasteiger partial charge on any atom is 0.240 e. The molecule has 2 aliphatic heterocycles. The number of hydrogen-bond acceptors (Lipinski definition) is 5. The standard InChI is InChI=1S/C17H27N5O/c1-21(10-11-22-8-3-2-4-9-22)17(23)16-12-15(19-20-16)14-6-5-7-18-13-14/h5-7,13,15-16,19-20H,2-4,8-12H2,1H3. The van der Waals surface area contributed by atoms with Gasteiger partial charge in [-0.05, 0) is 44.0 Å². The van der Waals surface area contributed by atoms with Crippen molar-refractivity contribution in [3.63, 3.8) is 0 Å². The second kappa shape index (κ2) is 7.86. The van der Waals surface area contributed by atoms with Crippen molar-refractivity contribution in [2.75, 3.05) is 33.2 Å². The average molecular weight is 317 g/mol. The minimum atomic E-state index is -0.161. The maximum absolute atomic E-state index is 12.6. The Morgan fingerprint density at radius 2 is 2.17 bits per heavy atom.